The molecular weight excluding hydrogens is 804 g/mol. The van der Waals surface area contributed by atoms with E-state index in [0.29, 0.717) is 34.3 Å². The number of aromatic nitrogens is 3. The Morgan fingerprint density at radius 1 is 0.793 bits per heavy atom. The second-order valence-electron chi connectivity index (χ2n) is 12.9. The van der Waals surface area contributed by atoms with Gasteiger partial charge < -0.3 is 36.1 Å². The molecule has 1 aromatic heterocycles. The number of amides is 3. The molecule has 1 saturated carbocycles. The molecule has 4 aromatic carbocycles. The number of benzene rings is 4. The minimum absolute atomic E-state index is 0.0418. The van der Waals surface area contributed by atoms with E-state index >= 15 is 0 Å². The van der Waals surface area contributed by atoms with Gasteiger partial charge in [0, 0.05) is 33.5 Å². The Hall–Kier alpha value is -6.46. The van der Waals surface area contributed by atoms with Crippen molar-refractivity contribution < 1.29 is 41.8 Å². The van der Waals surface area contributed by atoms with Gasteiger partial charge in [0.25, 0.3) is 5.91 Å². The molecule has 0 radical (unpaired) electrons. The van der Waals surface area contributed by atoms with Crippen molar-refractivity contribution in [3.63, 3.8) is 0 Å². The van der Waals surface area contributed by atoms with Gasteiger partial charge in [-0.3, -0.25) is 14.4 Å². The van der Waals surface area contributed by atoms with Gasteiger partial charge in [-0.15, -0.1) is 0 Å². The van der Waals surface area contributed by atoms with Gasteiger partial charge in [0.2, 0.25) is 11.9 Å². The van der Waals surface area contributed by atoms with Crippen LogP contribution in [-0.4, -0.2) is 71.1 Å². The summed E-state index contributed by atoms with van der Waals surface area (Å²) in [5.74, 6) is -3.91. The zero-order valence-corrected chi connectivity index (χ0v) is 31.8. The number of halogens is 5. The number of carbonyl (C=O) groups is 4. The van der Waals surface area contributed by atoms with Crippen molar-refractivity contribution in [1.29, 1.82) is 0 Å². The Kier molecular flexibility index (Phi) is 12.6. The lowest BCUT2D eigenvalue weighted by Crippen LogP contribution is -2.50. The number of alkyl halides is 3. The number of carbonyl (C=O) groups excluding carboxylic acids is 4. The minimum atomic E-state index is -4.65. The highest BCUT2D eigenvalue weighted by Crippen LogP contribution is 2.48. The van der Waals surface area contributed by atoms with E-state index in [4.69, 9.17) is 32.7 Å². The first kappa shape index (κ1) is 41.2. The third kappa shape index (κ3) is 11.1. The maximum Gasteiger partial charge on any atom is 0.422 e. The number of ether oxygens (including phenoxy) is 2. The van der Waals surface area contributed by atoms with E-state index < -0.39 is 60.6 Å². The monoisotopic (exact) mass is 836 g/mol. The largest absolute Gasteiger partial charge is 0.467 e. The molecule has 0 spiro atoms. The fraction of sp³-hybridized carbons (Fsp3) is 0.205. The quantitative estimate of drug-likeness (QED) is 0.0596. The molecule has 1 aliphatic carbocycles. The van der Waals surface area contributed by atoms with Crippen LogP contribution in [0.3, 0.4) is 0 Å². The number of esters is 1. The van der Waals surface area contributed by atoms with Gasteiger partial charge in [-0.25, -0.2) is 4.79 Å². The van der Waals surface area contributed by atoms with Crippen LogP contribution in [0.25, 0.3) is 11.1 Å². The summed E-state index contributed by atoms with van der Waals surface area (Å²) in [7, 11) is 1.09. The SMILES string of the molecule is COC(=O)[C@H](CNC(=O)C(=O)Nc1cccc(-c2ccc(Cl)cc2)c1)NC(=O)c1ccc(Nc2nc(NC3(c4ccc(Cl)cc4)CC3)nc(OCC(F)(F)F)n2)cc1. The van der Waals surface area contributed by atoms with E-state index in [0.717, 1.165) is 23.8 Å². The van der Waals surface area contributed by atoms with Gasteiger partial charge in [-0.05, 0) is 90.2 Å². The summed E-state index contributed by atoms with van der Waals surface area (Å²) >= 11 is 12.0. The molecule has 19 heteroatoms. The molecule has 6 rings (SSSR count). The Labute approximate surface area is 338 Å². The highest BCUT2D eigenvalue weighted by atomic mass is 35.5. The predicted molar refractivity (Wildman–Crippen MR) is 209 cm³/mol. The summed E-state index contributed by atoms with van der Waals surface area (Å²) in [6.07, 6.45) is -3.25. The number of anilines is 4. The van der Waals surface area contributed by atoms with Crippen LogP contribution in [0.15, 0.2) is 97.1 Å². The van der Waals surface area contributed by atoms with E-state index in [9.17, 15) is 32.3 Å². The highest BCUT2D eigenvalue weighted by Gasteiger charge is 2.45. The van der Waals surface area contributed by atoms with E-state index in [1.807, 2.05) is 18.2 Å². The first-order chi connectivity index (χ1) is 27.7. The number of rotatable bonds is 14. The predicted octanol–water partition coefficient (Wildman–Crippen LogP) is 6.66. The molecule has 3 amide bonds. The lowest BCUT2D eigenvalue weighted by molar-refractivity contribution is -0.154. The van der Waals surface area contributed by atoms with Crippen molar-refractivity contribution in [3.8, 4) is 17.1 Å². The Morgan fingerprint density at radius 3 is 2.09 bits per heavy atom. The van der Waals surface area contributed by atoms with Gasteiger partial charge in [-0.1, -0.05) is 59.6 Å². The lowest BCUT2D eigenvalue weighted by Gasteiger charge is -2.19. The summed E-state index contributed by atoms with van der Waals surface area (Å²) < 4.78 is 48.6. The van der Waals surface area contributed by atoms with Crippen molar-refractivity contribution in [1.82, 2.24) is 25.6 Å². The van der Waals surface area contributed by atoms with E-state index in [-0.39, 0.29) is 17.5 Å². The van der Waals surface area contributed by atoms with E-state index in [1.165, 1.54) is 24.3 Å². The fourth-order valence-corrected chi connectivity index (χ4v) is 5.82. The van der Waals surface area contributed by atoms with Crippen LogP contribution in [0.4, 0.5) is 36.4 Å². The number of nitrogens with zero attached hydrogens (tertiary/aromatic N) is 3. The maximum atomic E-state index is 13.2. The standard InChI is InChI=1S/C39H33Cl2F3N8O6/c1-57-34(56)30(20-45-32(54)33(55)46-29-4-2-3-24(19-29)22-5-11-26(40)12-6-22)48-31(53)23-7-15-28(16-8-23)47-35-49-36(51-37(50-35)58-21-39(42,43)44)52-38(17-18-38)25-9-13-27(41)14-10-25/h2-16,19,30H,17-18,20-21H2,1H3,(H,45,54)(H,46,55)(H,48,53)(H2,47,49,50,51,52)/t30-/m0/s1. The smallest absolute Gasteiger partial charge is 0.422 e. The first-order valence-corrected chi connectivity index (χ1v) is 18.1. The number of hydrogen-bond acceptors (Lipinski definition) is 11. The molecule has 14 nitrogen and oxygen atoms in total. The fourth-order valence-electron chi connectivity index (χ4n) is 5.57. The molecule has 1 aliphatic rings. The second kappa shape index (κ2) is 17.8. The van der Waals surface area contributed by atoms with E-state index in [2.05, 4.69) is 41.5 Å². The van der Waals surface area contributed by atoms with Crippen LogP contribution in [0.2, 0.25) is 10.0 Å². The molecule has 1 atom stereocenters. The second-order valence-corrected chi connectivity index (χ2v) is 13.8. The topological polar surface area (TPSA) is 186 Å². The summed E-state index contributed by atoms with van der Waals surface area (Å²) in [6, 6.07) is 24.7. The van der Waals surface area contributed by atoms with Gasteiger partial charge in [0.05, 0.1) is 12.6 Å². The summed E-state index contributed by atoms with van der Waals surface area (Å²) in [4.78, 5) is 63.4. The normalized spacial score (nSPS) is 13.3. The van der Waals surface area contributed by atoms with Crippen molar-refractivity contribution >= 4 is 70.2 Å². The number of nitrogens with one attached hydrogen (secondary N) is 5. The molecule has 1 fully saturated rings. The molecule has 300 valence electrons. The molecule has 1 heterocycles. The van der Waals surface area contributed by atoms with Crippen molar-refractivity contribution in [3.05, 3.63) is 118 Å². The number of hydrogen-bond donors (Lipinski definition) is 5. The maximum absolute atomic E-state index is 13.2. The Morgan fingerprint density at radius 2 is 1.45 bits per heavy atom. The van der Waals surface area contributed by atoms with Gasteiger partial charge in [0.15, 0.2) is 6.61 Å². The van der Waals surface area contributed by atoms with Crippen molar-refractivity contribution in [2.75, 3.05) is 36.2 Å². The molecule has 0 aliphatic heterocycles. The van der Waals surface area contributed by atoms with Gasteiger partial charge >= 0.3 is 30.0 Å². The molecule has 5 aromatic rings. The third-order valence-electron chi connectivity index (χ3n) is 8.64. The van der Waals surface area contributed by atoms with Crippen LogP contribution >= 0.6 is 23.2 Å². The molecule has 0 unspecified atom stereocenters. The Balaban J connectivity index is 1.07. The highest BCUT2D eigenvalue weighted by molar-refractivity contribution is 6.39. The summed E-state index contributed by atoms with van der Waals surface area (Å²) in [5.41, 5.74) is 2.66. The molecule has 5 N–H and O–H groups in total. The van der Waals surface area contributed by atoms with Crippen LogP contribution in [0.1, 0.15) is 28.8 Å². The average molecular weight is 838 g/mol. The zero-order chi connectivity index (χ0) is 41.5. The average Bonchev–Trinajstić information content (AvgIpc) is 3.98. The molecule has 0 saturated heterocycles. The van der Waals surface area contributed by atoms with Crippen LogP contribution in [-0.2, 0) is 24.7 Å². The van der Waals surface area contributed by atoms with Gasteiger partial charge in [-0.2, -0.15) is 28.1 Å². The van der Waals surface area contributed by atoms with Crippen LogP contribution in [0.5, 0.6) is 6.01 Å². The summed E-state index contributed by atoms with van der Waals surface area (Å²) in [6.45, 7) is -2.12. The Bertz CT molecular complexity index is 2300. The van der Waals surface area contributed by atoms with Crippen molar-refractivity contribution in [2.45, 2.75) is 30.6 Å². The third-order valence-corrected chi connectivity index (χ3v) is 9.15. The van der Waals surface area contributed by atoms with E-state index in [1.54, 1.807) is 54.6 Å². The zero-order valence-electron chi connectivity index (χ0n) is 30.3. The van der Waals surface area contributed by atoms with Gasteiger partial charge in [0.1, 0.15) is 6.04 Å². The summed E-state index contributed by atoms with van der Waals surface area (Å²) in [5, 5.41) is 14.4. The van der Waals surface area contributed by atoms with Crippen molar-refractivity contribution in [2.24, 2.45) is 0 Å². The van der Waals surface area contributed by atoms with Crippen LogP contribution in [0, 0.1) is 0 Å². The minimum Gasteiger partial charge on any atom is -0.467 e. The first-order valence-electron chi connectivity index (χ1n) is 17.4. The van der Waals surface area contributed by atoms with Crippen LogP contribution < -0.4 is 31.3 Å². The lowest BCUT2D eigenvalue weighted by atomic mass is 10.1. The molecular formula is C39H33Cl2F3N8O6. The molecule has 58 heavy (non-hydrogen) atoms. The number of methoxy groups -OCH3 is 1. The molecule has 0 bridgehead atoms.